The predicted molar refractivity (Wildman–Crippen MR) is 71.3 cm³/mol. The van der Waals surface area contributed by atoms with Crippen molar-refractivity contribution in [1.82, 2.24) is 15.6 Å². The van der Waals surface area contributed by atoms with Crippen LogP contribution in [0.15, 0.2) is 30.5 Å². The maximum Gasteiger partial charge on any atom is 0.243 e. The van der Waals surface area contributed by atoms with Gasteiger partial charge in [0.05, 0.1) is 6.04 Å². The molecule has 1 aliphatic rings. The molecule has 19 heavy (non-hydrogen) atoms. The first-order chi connectivity index (χ1) is 9.24. The zero-order valence-corrected chi connectivity index (χ0v) is 10.4. The van der Waals surface area contributed by atoms with Gasteiger partial charge in [-0.2, -0.15) is 0 Å². The van der Waals surface area contributed by atoms with Crippen molar-refractivity contribution in [2.24, 2.45) is 0 Å². The Hall–Kier alpha value is -2.14. The number of piperidine rings is 1. The van der Waals surface area contributed by atoms with Gasteiger partial charge in [-0.1, -0.05) is 12.1 Å². The highest BCUT2D eigenvalue weighted by Crippen LogP contribution is 2.17. The third-order valence-corrected chi connectivity index (χ3v) is 3.46. The summed E-state index contributed by atoms with van der Waals surface area (Å²) >= 11 is 0. The number of H-pyrrole nitrogens is 1. The Morgan fingerprint density at radius 1 is 1.26 bits per heavy atom. The Morgan fingerprint density at radius 2 is 2.16 bits per heavy atom. The maximum absolute atomic E-state index is 11.6. The van der Waals surface area contributed by atoms with E-state index in [1.807, 2.05) is 30.5 Å². The Kier molecular flexibility index (Phi) is 3.05. The van der Waals surface area contributed by atoms with Crippen molar-refractivity contribution in [1.29, 1.82) is 0 Å². The molecule has 1 saturated heterocycles. The second kappa shape index (κ2) is 4.85. The highest BCUT2D eigenvalue weighted by Gasteiger charge is 2.25. The molecule has 1 atom stereocenters. The van der Waals surface area contributed by atoms with E-state index in [1.165, 1.54) is 0 Å². The van der Waals surface area contributed by atoms with Crippen molar-refractivity contribution < 1.29 is 9.59 Å². The van der Waals surface area contributed by atoms with Gasteiger partial charge in [-0.25, -0.2) is 0 Å². The first kappa shape index (κ1) is 11.9. The molecule has 0 saturated carbocycles. The van der Waals surface area contributed by atoms with Crippen LogP contribution in [0.5, 0.6) is 0 Å². The van der Waals surface area contributed by atoms with Gasteiger partial charge < -0.3 is 10.3 Å². The molecular formula is C14H15N3O2. The number of carbonyl (C=O) groups excluding carboxylic acids is 2. The minimum absolute atomic E-state index is 0.184. The number of aromatic nitrogens is 1. The van der Waals surface area contributed by atoms with Gasteiger partial charge in [-0.15, -0.1) is 0 Å². The lowest BCUT2D eigenvalue weighted by atomic mass is 10.0. The van der Waals surface area contributed by atoms with Crippen LogP contribution in [0, 0.1) is 0 Å². The lowest BCUT2D eigenvalue weighted by Gasteiger charge is -2.22. The number of fused-ring (bicyclic) bond motifs is 1. The smallest absolute Gasteiger partial charge is 0.243 e. The van der Waals surface area contributed by atoms with Gasteiger partial charge in [0.2, 0.25) is 11.8 Å². The molecule has 5 nitrogen and oxygen atoms in total. The van der Waals surface area contributed by atoms with Gasteiger partial charge in [0.25, 0.3) is 0 Å². The summed E-state index contributed by atoms with van der Waals surface area (Å²) in [5.74, 6) is -0.409. The van der Waals surface area contributed by atoms with Crippen molar-refractivity contribution in [3.05, 3.63) is 36.0 Å². The van der Waals surface area contributed by atoms with E-state index in [4.69, 9.17) is 0 Å². The largest absolute Gasteiger partial charge is 0.361 e. The minimum Gasteiger partial charge on any atom is -0.361 e. The van der Waals surface area contributed by atoms with Gasteiger partial charge >= 0.3 is 0 Å². The van der Waals surface area contributed by atoms with Gasteiger partial charge in [-0.3, -0.25) is 14.9 Å². The second-order valence-corrected chi connectivity index (χ2v) is 4.74. The van der Waals surface area contributed by atoms with Crippen LogP contribution in [-0.4, -0.2) is 22.8 Å². The maximum atomic E-state index is 11.6. The van der Waals surface area contributed by atoms with Gasteiger partial charge in [0.15, 0.2) is 0 Å². The molecule has 2 heterocycles. The molecule has 1 aliphatic heterocycles. The molecule has 98 valence electrons. The van der Waals surface area contributed by atoms with Gasteiger partial charge in [-0.05, 0) is 24.1 Å². The fourth-order valence-electron chi connectivity index (χ4n) is 2.43. The SMILES string of the molecule is O=C1CCC(NCc2cccc3[nH]ccc23)C(=O)N1. The van der Waals surface area contributed by atoms with E-state index < -0.39 is 0 Å². The Balaban J connectivity index is 1.71. The number of hydrogen-bond donors (Lipinski definition) is 3. The molecular weight excluding hydrogens is 242 g/mol. The summed E-state index contributed by atoms with van der Waals surface area (Å²) in [6, 6.07) is 7.78. The molecule has 1 fully saturated rings. The standard InChI is InChI=1S/C14H15N3O2/c18-13-5-4-12(14(19)17-13)16-8-9-2-1-3-11-10(9)6-7-15-11/h1-3,6-7,12,15-16H,4-5,8H2,(H,17,18,19). The fraction of sp³-hybridized carbons (Fsp3) is 0.286. The summed E-state index contributed by atoms with van der Waals surface area (Å²) < 4.78 is 0. The van der Waals surface area contributed by atoms with Crippen LogP contribution >= 0.6 is 0 Å². The molecule has 0 bridgehead atoms. The average Bonchev–Trinajstić information content (AvgIpc) is 2.86. The zero-order valence-electron chi connectivity index (χ0n) is 10.4. The molecule has 1 aromatic carbocycles. The van der Waals surface area contributed by atoms with Crippen LogP contribution in [0.1, 0.15) is 18.4 Å². The number of hydrogen-bond acceptors (Lipinski definition) is 3. The first-order valence-corrected chi connectivity index (χ1v) is 6.36. The molecule has 3 N–H and O–H groups in total. The molecule has 1 aromatic heterocycles. The number of imide groups is 1. The number of rotatable bonds is 3. The minimum atomic E-state index is -0.285. The number of nitrogens with one attached hydrogen (secondary N) is 3. The number of aromatic amines is 1. The lowest BCUT2D eigenvalue weighted by Crippen LogP contribution is -2.50. The van der Waals surface area contributed by atoms with Crippen molar-refractivity contribution >= 4 is 22.7 Å². The van der Waals surface area contributed by atoms with Crippen molar-refractivity contribution in [3.63, 3.8) is 0 Å². The molecule has 0 aliphatic carbocycles. The van der Waals surface area contributed by atoms with E-state index in [0.717, 1.165) is 16.5 Å². The van der Waals surface area contributed by atoms with E-state index in [2.05, 4.69) is 15.6 Å². The quantitative estimate of drug-likeness (QED) is 0.720. The van der Waals surface area contributed by atoms with Crippen molar-refractivity contribution in [2.45, 2.75) is 25.4 Å². The third-order valence-electron chi connectivity index (χ3n) is 3.46. The number of carbonyl (C=O) groups is 2. The summed E-state index contributed by atoms with van der Waals surface area (Å²) in [4.78, 5) is 25.9. The van der Waals surface area contributed by atoms with Crippen LogP contribution in [0.3, 0.4) is 0 Å². The molecule has 5 heteroatoms. The highest BCUT2D eigenvalue weighted by molar-refractivity contribution is 6.00. The zero-order chi connectivity index (χ0) is 13.2. The molecule has 0 spiro atoms. The van der Waals surface area contributed by atoms with Crippen molar-refractivity contribution in [3.8, 4) is 0 Å². The molecule has 2 aromatic rings. The van der Waals surface area contributed by atoms with E-state index in [1.54, 1.807) is 0 Å². The van der Waals surface area contributed by atoms with E-state index in [-0.39, 0.29) is 17.9 Å². The van der Waals surface area contributed by atoms with E-state index >= 15 is 0 Å². The fourth-order valence-corrected chi connectivity index (χ4v) is 2.43. The normalized spacial score (nSPS) is 19.7. The molecule has 2 amide bonds. The van der Waals surface area contributed by atoms with Gasteiger partial charge in [0, 0.05) is 30.1 Å². The lowest BCUT2D eigenvalue weighted by molar-refractivity contribution is -0.134. The summed E-state index contributed by atoms with van der Waals surface area (Å²) in [6.07, 6.45) is 2.87. The van der Waals surface area contributed by atoms with Crippen LogP contribution in [0.4, 0.5) is 0 Å². The van der Waals surface area contributed by atoms with Crippen LogP contribution in [0.2, 0.25) is 0 Å². The monoisotopic (exact) mass is 257 g/mol. The number of amides is 2. The Morgan fingerprint density at radius 3 is 3.00 bits per heavy atom. The molecule has 0 radical (unpaired) electrons. The summed E-state index contributed by atoms with van der Waals surface area (Å²) in [5.41, 5.74) is 2.23. The summed E-state index contributed by atoms with van der Waals surface area (Å²) in [6.45, 7) is 0.613. The topological polar surface area (TPSA) is 74.0 Å². The van der Waals surface area contributed by atoms with Crippen LogP contribution in [-0.2, 0) is 16.1 Å². The summed E-state index contributed by atoms with van der Waals surface area (Å²) in [7, 11) is 0. The third kappa shape index (κ3) is 2.37. The first-order valence-electron chi connectivity index (χ1n) is 6.36. The number of benzene rings is 1. The van der Waals surface area contributed by atoms with Crippen molar-refractivity contribution in [2.75, 3.05) is 0 Å². The van der Waals surface area contributed by atoms with Crippen LogP contribution in [0.25, 0.3) is 10.9 Å². The highest BCUT2D eigenvalue weighted by atomic mass is 16.2. The Bertz CT molecular complexity index is 632. The van der Waals surface area contributed by atoms with E-state index in [0.29, 0.717) is 19.4 Å². The van der Waals surface area contributed by atoms with Gasteiger partial charge in [0.1, 0.15) is 0 Å². The summed E-state index contributed by atoms with van der Waals surface area (Å²) in [5, 5.41) is 6.72. The molecule has 1 unspecified atom stereocenters. The predicted octanol–water partition coefficient (Wildman–Crippen LogP) is 1.06. The Labute approximate surface area is 110 Å². The van der Waals surface area contributed by atoms with E-state index in [9.17, 15) is 9.59 Å². The average molecular weight is 257 g/mol. The van der Waals surface area contributed by atoms with Crippen LogP contribution < -0.4 is 10.6 Å². The second-order valence-electron chi connectivity index (χ2n) is 4.74. The molecule has 3 rings (SSSR count).